The molecular formula is C16H20N2OS. The van der Waals surface area contributed by atoms with Gasteiger partial charge in [0.2, 0.25) is 0 Å². The first kappa shape index (κ1) is 13.6. The van der Waals surface area contributed by atoms with Crippen LogP contribution in [0.2, 0.25) is 0 Å². The van der Waals surface area contributed by atoms with Crippen LogP contribution in [0.25, 0.3) is 0 Å². The zero-order chi connectivity index (χ0) is 14.0. The zero-order valence-corrected chi connectivity index (χ0v) is 12.8. The molecule has 1 aromatic carbocycles. The van der Waals surface area contributed by atoms with Gasteiger partial charge in [0.15, 0.2) is 0 Å². The van der Waals surface area contributed by atoms with Gasteiger partial charge in [-0.15, -0.1) is 11.3 Å². The number of hydrogen-bond donors (Lipinski definition) is 1. The van der Waals surface area contributed by atoms with Crippen molar-refractivity contribution < 1.29 is 4.74 Å². The van der Waals surface area contributed by atoms with Crippen molar-refractivity contribution in [2.45, 2.75) is 32.2 Å². The maximum absolute atomic E-state index is 5.54. The van der Waals surface area contributed by atoms with Crippen LogP contribution in [0.4, 0.5) is 0 Å². The van der Waals surface area contributed by atoms with E-state index in [-0.39, 0.29) is 5.54 Å². The second-order valence-electron chi connectivity index (χ2n) is 5.68. The normalized spacial score (nSPS) is 14.1. The summed E-state index contributed by atoms with van der Waals surface area (Å²) in [7, 11) is 0. The fourth-order valence-corrected chi connectivity index (χ4v) is 3.26. The van der Waals surface area contributed by atoms with Gasteiger partial charge in [0.05, 0.1) is 12.1 Å². The third kappa shape index (κ3) is 2.86. The number of nitrogens with one attached hydrogen (secondary N) is 1. The monoisotopic (exact) mass is 288 g/mol. The summed E-state index contributed by atoms with van der Waals surface area (Å²) >= 11 is 1.70. The van der Waals surface area contributed by atoms with Crippen molar-refractivity contribution in [1.82, 2.24) is 10.3 Å². The highest BCUT2D eigenvalue weighted by atomic mass is 32.1. The molecule has 0 saturated carbocycles. The lowest BCUT2D eigenvalue weighted by Crippen LogP contribution is -2.37. The van der Waals surface area contributed by atoms with E-state index in [0.29, 0.717) is 0 Å². The van der Waals surface area contributed by atoms with Crippen LogP contribution in [-0.2, 0) is 18.4 Å². The summed E-state index contributed by atoms with van der Waals surface area (Å²) in [5, 5.41) is 6.76. The molecule has 0 atom stereocenters. The molecule has 20 heavy (non-hydrogen) atoms. The summed E-state index contributed by atoms with van der Waals surface area (Å²) < 4.78 is 5.54. The van der Waals surface area contributed by atoms with E-state index in [2.05, 4.69) is 42.3 Å². The third-order valence-corrected chi connectivity index (χ3v) is 4.80. The van der Waals surface area contributed by atoms with Gasteiger partial charge in [-0.25, -0.2) is 4.98 Å². The number of aromatic nitrogens is 1. The molecule has 0 saturated heterocycles. The molecule has 3 nitrogen and oxygen atoms in total. The summed E-state index contributed by atoms with van der Waals surface area (Å²) in [4.78, 5) is 4.40. The Bertz CT molecular complexity index is 578. The molecule has 0 amide bonds. The Kier molecular flexibility index (Phi) is 3.76. The number of nitrogens with zero attached hydrogens (tertiary/aromatic N) is 1. The Morgan fingerprint density at radius 2 is 2.30 bits per heavy atom. The molecule has 1 aliphatic heterocycles. The predicted octanol–water partition coefficient (Wildman–Crippen LogP) is 3.15. The zero-order valence-electron chi connectivity index (χ0n) is 12.0. The fraction of sp³-hybridized carbons (Fsp3) is 0.438. The van der Waals surface area contributed by atoms with E-state index in [1.54, 1.807) is 11.3 Å². The first-order valence-electron chi connectivity index (χ1n) is 7.05. The molecule has 0 fully saturated rings. The fourth-order valence-electron chi connectivity index (χ4n) is 2.52. The number of benzene rings is 1. The van der Waals surface area contributed by atoms with E-state index in [1.165, 1.54) is 11.1 Å². The first-order valence-corrected chi connectivity index (χ1v) is 7.93. The number of thiazole rings is 1. The average Bonchev–Trinajstić information content (AvgIpc) is 3.09. The van der Waals surface area contributed by atoms with Gasteiger partial charge in [-0.3, -0.25) is 0 Å². The Labute approximate surface area is 124 Å². The maximum Gasteiger partial charge on any atom is 0.122 e. The van der Waals surface area contributed by atoms with Crippen molar-refractivity contribution in [3.8, 4) is 5.75 Å². The first-order chi connectivity index (χ1) is 9.65. The molecule has 0 bridgehead atoms. The quantitative estimate of drug-likeness (QED) is 0.918. The Morgan fingerprint density at radius 1 is 1.40 bits per heavy atom. The van der Waals surface area contributed by atoms with Gasteiger partial charge in [-0.05, 0) is 37.5 Å². The summed E-state index contributed by atoms with van der Waals surface area (Å²) in [6.45, 7) is 6.14. The molecule has 0 unspecified atom stereocenters. The lowest BCUT2D eigenvalue weighted by Gasteiger charge is -2.24. The SMILES string of the molecule is CC(C)(NCCc1ccc2c(c1)CCO2)c1nccs1. The summed E-state index contributed by atoms with van der Waals surface area (Å²) in [5.74, 6) is 1.06. The van der Waals surface area contributed by atoms with Crippen LogP contribution in [0.1, 0.15) is 30.0 Å². The molecule has 0 radical (unpaired) electrons. The molecule has 4 heteroatoms. The minimum Gasteiger partial charge on any atom is -0.493 e. The Balaban J connectivity index is 1.57. The van der Waals surface area contributed by atoms with Gasteiger partial charge in [0.25, 0.3) is 0 Å². The van der Waals surface area contributed by atoms with Crippen molar-refractivity contribution in [1.29, 1.82) is 0 Å². The molecular weight excluding hydrogens is 268 g/mol. The topological polar surface area (TPSA) is 34.1 Å². The molecule has 2 heterocycles. The van der Waals surface area contributed by atoms with Crippen LogP contribution in [-0.4, -0.2) is 18.1 Å². The molecule has 0 spiro atoms. The van der Waals surface area contributed by atoms with Crippen molar-refractivity contribution in [3.63, 3.8) is 0 Å². The lowest BCUT2D eigenvalue weighted by atomic mass is 10.0. The summed E-state index contributed by atoms with van der Waals surface area (Å²) in [5.41, 5.74) is 2.66. The van der Waals surface area contributed by atoms with E-state index < -0.39 is 0 Å². The average molecular weight is 288 g/mol. The predicted molar refractivity (Wildman–Crippen MR) is 82.5 cm³/mol. The number of ether oxygens (including phenoxy) is 1. The van der Waals surface area contributed by atoms with Gasteiger partial charge in [0.1, 0.15) is 10.8 Å². The van der Waals surface area contributed by atoms with Gasteiger partial charge < -0.3 is 10.1 Å². The lowest BCUT2D eigenvalue weighted by molar-refractivity contribution is 0.357. The second-order valence-corrected chi connectivity index (χ2v) is 6.57. The number of fused-ring (bicyclic) bond motifs is 1. The smallest absolute Gasteiger partial charge is 0.122 e. The molecule has 3 rings (SSSR count). The van der Waals surface area contributed by atoms with E-state index in [0.717, 1.165) is 36.8 Å². The molecule has 106 valence electrons. The van der Waals surface area contributed by atoms with Crippen LogP contribution < -0.4 is 10.1 Å². The summed E-state index contributed by atoms with van der Waals surface area (Å²) in [6.07, 6.45) is 3.94. The van der Waals surface area contributed by atoms with Crippen molar-refractivity contribution >= 4 is 11.3 Å². The van der Waals surface area contributed by atoms with Gasteiger partial charge in [-0.2, -0.15) is 0 Å². The minimum absolute atomic E-state index is 0.0615. The largest absolute Gasteiger partial charge is 0.493 e. The second kappa shape index (κ2) is 5.54. The minimum atomic E-state index is -0.0615. The van der Waals surface area contributed by atoms with Crippen LogP contribution in [0.15, 0.2) is 29.8 Å². The highest BCUT2D eigenvalue weighted by Gasteiger charge is 2.22. The number of rotatable bonds is 5. The molecule has 1 aromatic heterocycles. The van der Waals surface area contributed by atoms with Crippen LogP contribution in [0.3, 0.4) is 0 Å². The highest BCUT2D eigenvalue weighted by molar-refractivity contribution is 7.09. The van der Waals surface area contributed by atoms with Gasteiger partial charge in [-0.1, -0.05) is 12.1 Å². The number of hydrogen-bond acceptors (Lipinski definition) is 4. The van der Waals surface area contributed by atoms with E-state index >= 15 is 0 Å². The van der Waals surface area contributed by atoms with Crippen molar-refractivity contribution in [2.75, 3.05) is 13.2 Å². The molecule has 2 aromatic rings. The Hall–Kier alpha value is -1.39. The van der Waals surface area contributed by atoms with Gasteiger partial charge >= 0.3 is 0 Å². The standard InChI is InChI=1S/C16H20N2OS/c1-16(2,15-17-8-10-20-15)18-7-5-12-3-4-14-13(11-12)6-9-19-14/h3-4,8,10-11,18H,5-7,9H2,1-2H3. The Morgan fingerprint density at radius 3 is 3.10 bits per heavy atom. The van der Waals surface area contributed by atoms with Crippen molar-refractivity contribution in [2.24, 2.45) is 0 Å². The molecule has 0 aliphatic carbocycles. The summed E-state index contributed by atoms with van der Waals surface area (Å²) in [6, 6.07) is 6.55. The van der Waals surface area contributed by atoms with Crippen LogP contribution in [0, 0.1) is 0 Å². The van der Waals surface area contributed by atoms with E-state index in [1.807, 2.05) is 11.6 Å². The molecule has 1 N–H and O–H groups in total. The maximum atomic E-state index is 5.54. The van der Waals surface area contributed by atoms with Crippen LogP contribution >= 0.6 is 11.3 Å². The highest BCUT2D eigenvalue weighted by Crippen LogP contribution is 2.26. The van der Waals surface area contributed by atoms with E-state index in [9.17, 15) is 0 Å². The third-order valence-electron chi connectivity index (χ3n) is 3.70. The van der Waals surface area contributed by atoms with Crippen molar-refractivity contribution in [3.05, 3.63) is 45.9 Å². The van der Waals surface area contributed by atoms with Gasteiger partial charge in [0, 0.05) is 24.5 Å². The van der Waals surface area contributed by atoms with E-state index in [4.69, 9.17) is 4.74 Å². The molecule has 1 aliphatic rings. The van der Waals surface area contributed by atoms with Crippen LogP contribution in [0.5, 0.6) is 5.75 Å².